The Balaban J connectivity index is 2.33. The van der Waals surface area contributed by atoms with E-state index in [2.05, 4.69) is 16.4 Å². The minimum Gasteiger partial charge on any atom is -0.324 e. The summed E-state index contributed by atoms with van der Waals surface area (Å²) in [6.07, 6.45) is 1.48. The molecule has 0 aromatic carbocycles. The topological polar surface area (TPSA) is 68.7 Å². The minimum absolute atomic E-state index is 0.0513. The minimum atomic E-state index is -0.110. The van der Waals surface area contributed by atoms with Crippen molar-refractivity contribution in [2.45, 2.75) is 26.3 Å². The second kappa shape index (κ2) is 4.50. The average molecular weight is 217 g/mol. The van der Waals surface area contributed by atoms with Crippen LogP contribution in [0.3, 0.4) is 0 Å². The smallest absolute Gasteiger partial charge is 0.251 e. The van der Waals surface area contributed by atoms with Gasteiger partial charge in [0.1, 0.15) is 0 Å². The second-order valence-electron chi connectivity index (χ2n) is 4.29. The molecule has 0 bridgehead atoms. The summed E-state index contributed by atoms with van der Waals surface area (Å²) in [6.45, 7) is 3.52. The van der Waals surface area contributed by atoms with Crippen molar-refractivity contribution in [1.82, 2.24) is 10.3 Å². The third-order valence-electron chi connectivity index (χ3n) is 2.91. The van der Waals surface area contributed by atoms with Crippen molar-refractivity contribution in [3.05, 3.63) is 33.2 Å². The molecule has 4 heteroatoms. The third kappa shape index (κ3) is 2.15. The number of aromatic nitrogens is 1. The number of H-pyrrole nitrogens is 1. The number of nitrogens with zero attached hydrogens (tertiary/aromatic N) is 1. The summed E-state index contributed by atoms with van der Waals surface area (Å²) in [5, 5.41) is 12.0. The van der Waals surface area contributed by atoms with E-state index in [1.807, 2.05) is 13.0 Å². The molecular formula is C12H15N3O. The Kier molecular flexibility index (Phi) is 3.07. The molecule has 1 aliphatic rings. The number of nitriles is 1. The molecule has 0 fully saturated rings. The zero-order valence-electron chi connectivity index (χ0n) is 9.34. The molecule has 2 heterocycles. The van der Waals surface area contributed by atoms with Crippen LogP contribution in [0.5, 0.6) is 0 Å². The lowest BCUT2D eigenvalue weighted by Crippen LogP contribution is -2.28. The lowest BCUT2D eigenvalue weighted by molar-refractivity contribution is 0.620. The van der Waals surface area contributed by atoms with Crippen LogP contribution in [0.25, 0.3) is 0 Å². The molecule has 84 valence electrons. The lowest BCUT2D eigenvalue weighted by Gasteiger charge is -2.17. The Labute approximate surface area is 94.3 Å². The summed E-state index contributed by atoms with van der Waals surface area (Å²) in [5.74, 6) is -0.110. The number of pyridine rings is 1. The highest BCUT2D eigenvalue weighted by molar-refractivity contribution is 5.28. The highest BCUT2D eigenvalue weighted by Crippen LogP contribution is 2.12. The van der Waals surface area contributed by atoms with Crippen LogP contribution in [0.2, 0.25) is 0 Å². The summed E-state index contributed by atoms with van der Waals surface area (Å²) in [6, 6.07) is 4.12. The molecule has 0 saturated carbocycles. The van der Waals surface area contributed by atoms with Crippen molar-refractivity contribution in [2.24, 2.45) is 5.92 Å². The number of aromatic amines is 1. The SMILES string of the molecule is CC(C#N)Cc1cc2c([nH]c1=O)CNCC2. The molecule has 1 atom stereocenters. The first kappa shape index (κ1) is 10.9. The summed E-state index contributed by atoms with van der Waals surface area (Å²) in [7, 11) is 0. The Morgan fingerprint density at radius 1 is 1.62 bits per heavy atom. The van der Waals surface area contributed by atoms with Crippen molar-refractivity contribution in [1.29, 1.82) is 5.26 Å². The van der Waals surface area contributed by atoms with Gasteiger partial charge in [-0.25, -0.2) is 0 Å². The van der Waals surface area contributed by atoms with Crippen LogP contribution in [0.1, 0.15) is 23.7 Å². The molecule has 1 aromatic rings. The first-order valence-electron chi connectivity index (χ1n) is 5.55. The van der Waals surface area contributed by atoms with Crippen LogP contribution < -0.4 is 10.9 Å². The number of rotatable bonds is 2. The fourth-order valence-electron chi connectivity index (χ4n) is 2.00. The van der Waals surface area contributed by atoms with E-state index in [0.717, 1.165) is 30.8 Å². The molecule has 1 unspecified atom stereocenters. The van der Waals surface area contributed by atoms with E-state index in [0.29, 0.717) is 6.42 Å². The zero-order valence-corrected chi connectivity index (χ0v) is 9.34. The molecule has 2 rings (SSSR count). The van der Waals surface area contributed by atoms with Gasteiger partial charge in [-0.2, -0.15) is 5.26 Å². The van der Waals surface area contributed by atoms with Gasteiger partial charge in [0, 0.05) is 23.7 Å². The van der Waals surface area contributed by atoms with Crippen LogP contribution in [-0.2, 0) is 19.4 Å². The van der Waals surface area contributed by atoms with Gasteiger partial charge < -0.3 is 10.3 Å². The van der Waals surface area contributed by atoms with Crippen molar-refractivity contribution >= 4 is 0 Å². The highest BCUT2D eigenvalue weighted by Gasteiger charge is 2.13. The van der Waals surface area contributed by atoms with E-state index in [4.69, 9.17) is 5.26 Å². The monoisotopic (exact) mass is 217 g/mol. The number of nitrogens with one attached hydrogen (secondary N) is 2. The first-order valence-corrected chi connectivity index (χ1v) is 5.55. The van der Waals surface area contributed by atoms with Crippen molar-refractivity contribution in [3.63, 3.8) is 0 Å². The van der Waals surface area contributed by atoms with Gasteiger partial charge in [0.25, 0.3) is 5.56 Å². The number of hydrogen-bond acceptors (Lipinski definition) is 3. The van der Waals surface area contributed by atoms with Gasteiger partial charge in [0.05, 0.1) is 6.07 Å². The summed E-state index contributed by atoms with van der Waals surface area (Å²) < 4.78 is 0. The van der Waals surface area contributed by atoms with E-state index in [1.165, 1.54) is 5.56 Å². The lowest BCUT2D eigenvalue weighted by atomic mass is 9.99. The average Bonchev–Trinajstić information content (AvgIpc) is 2.30. The Morgan fingerprint density at radius 3 is 3.19 bits per heavy atom. The molecule has 16 heavy (non-hydrogen) atoms. The molecule has 0 aliphatic carbocycles. The van der Waals surface area contributed by atoms with Crippen LogP contribution in [-0.4, -0.2) is 11.5 Å². The van der Waals surface area contributed by atoms with Crippen LogP contribution in [0.15, 0.2) is 10.9 Å². The van der Waals surface area contributed by atoms with Crippen molar-refractivity contribution in [3.8, 4) is 6.07 Å². The van der Waals surface area contributed by atoms with Crippen LogP contribution in [0, 0.1) is 17.2 Å². The molecular weight excluding hydrogens is 202 g/mol. The molecule has 4 nitrogen and oxygen atoms in total. The van der Waals surface area contributed by atoms with E-state index in [-0.39, 0.29) is 11.5 Å². The fourth-order valence-corrected chi connectivity index (χ4v) is 2.00. The highest BCUT2D eigenvalue weighted by atomic mass is 16.1. The van der Waals surface area contributed by atoms with E-state index in [9.17, 15) is 4.79 Å². The number of hydrogen-bond donors (Lipinski definition) is 2. The normalized spacial score (nSPS) is 16.2. The Hall–Kier alpha value is -1.60. The zero-order chi connectivity index (χ0) is 11.5. The molecule has 0 radical (unpaired) electrons. The maximum absolute atomic E-state index is 11.7. The Morgan fingerprint density at radius 2 is 2.44 bits per heavy atom. The molecule has 2 N–H and O–H groups in total. The standard InChI is InChI=1S/C12H15N3O/c1-8(6-13)4-10-5-9-2-3-14-7-11(9)15-12(10)16/h5,8,14H,2-4,7H2,1H3,(H,15,16). The fraction of sp³-hybridized carbons (Fsp3) is 0.500. The van der Waals surface area contributed by atoms with Gasteiger partial charge in [-0.15, -0.1) is 0 Å². The first-order chi connectivity index (χ1) is 7.70. The molecule has 0 spiro atoms. The van der Waals surface area contributed by atoms with Gasteiger partial charge in [-0.05, 0) is 37.9 Å². The van der Waals surface area contributed by atoms with Crippen molar-refractivity contribution in [2.75, 3.05) is 6.54 Å². The molecule has 0 saturated heterocycles. The largest absolute Gasteiger partial charge is 0.324 e. The summed E-state index contributed by atoms with van der Waals surface area (Å²) in [5.41, 5.74) is 2.88. The third-order valence-corrected chi connectivity index (χ3v) is 2.91. The maximum Gasteiger partial charge on any atom is 0.251 e. The maximum atomic E-state index is 11.7. The predicted octanol–water partition coefficient (Wildman–Crippen LogP) is 0.723. The van der Waals surface area contributed by atoms with Crippen molar-refractivity contribution < 1.29 is 0 Å². The molecule has 1 aromatic heterocycles. The van der Waals surface area contributed by atoms with Crippen LogP contribution >= 0.6 is 0 Å². The molecule has 1 aliphatic heterocycles. The second-order valence-corrected chi connectivity index (χ2v) is 4.29. The van der Waals surface area contributed by atoms with E-state index >= 15 is 0 Å². The summed E-state index contributed by atoms with van der Waals surface area (Å²) >= 11 is 0. The quantitative estimate of drug-likeness (QED) is 0.767. The van der Waals surface area contributed by atoms with E-state index in [1.54, 1.807) is 0 Å². The predicted molar refractivity (Wildman–Crippen MR) is 61.0 cm³/mol. The Bertz CT molecular complexity index is 484. The van der Waals surface area contributed by atoms with E-state index < -0.39 is 0 Å². The van der Waals surface area contributed by atoms with Gasteiger partial charge >= 0.3 is 0 Å². The molecule has 0 amide bonds. The van der Waals surface area contributed by atoms with Gasteiger partial charge in [0.2, 0.25) is 0 Å². The number of fused-ring (bicyclic) bond motifs is 1. The summed E-state index contributed by atoms with van der Waals surface area (Å²) in [4.78, 5) is 14.6. The van der Waals surface area contributed by atoms with Gasteiger partial charge in [-0.3, -0.25) is 4.79 Å². The van der Waals surface area contributed by atoms with Crippen LogP contribution in [0.4, 0.5) is 0 Å². The van der Waals surface area contributed by atoms with Gasteiger partial charge in [-0.1, -0.05) is 0 Å². The van der Waals surface area contributed by atoms with Gasteiger partial charge in [0.15, 0.2) is 0 Å².